The van der Waals surface area contributed by atoms with Crippen molar-refractivity contribution in [2.24, 2.45) is 0 Å². The highest BCUT2D eigenvalue weighted by Gasteiger charge is 2.16. The Morgan fingerprint density at radius 3 is 2.15 bits per heavy atom. The first kappa shape index (κ1) is 39.5. The van der Waals surface area contributed by atoms with Crippen LogP contribution in [0.15, 0.2) is 77.5 Å². The fourth-order valence-electron chi connectivity index (χ4n) is 2.80. The standard InChI is InChI=1S/C20H25F3N4O2S.C6H8O.C2H6.CH3F/c1-13(14(2)25-18-8-7-15(21)10-17(18)20(22)23)6-9-19(26(3)4)27-12-16(11-24-27)30(5,28)29;1-6(2)4-3-5-7;2*1-2/h6-12,14,20,25H,1-5H3;3-5H,1H2,2H3;1-2H3;1H3/b13-6-,19-9+;4-3+;;/t14-;;;/m1.../s1. The van der Waals surface area contributed by atoms with Crippen molar-refractivity contribution in [3.8, 4) is 0 Å². The molecular weight excluding hydrogens is 560 g/mol. The fourth-order valence-corrected chi connectivity index (χ4v) is 3.33. The first-order valence-corrected chi connectivity index (χ1v) is 14.4. The summed E-state index contributed by atoms with van der Waals surface area (Å²) in [6.07, 6.45) is 8.32. The summed E-state index contributed by atoms with van der Waals surface area (Å²) in [4.78, 5) is 11.4. The molecule has 1 heterocycles. The molecule has 41 heavy (non-hydrogen) atoms. The molecular formula is C29H42F4N4O3S. The molecule has 1 aromatic carbocycles. The number of rotatable bonds is 10. The number of hydrogen-bond donors (Lipinski definition) is 1. The molecule has 1 aromatic heterocycles. The van der Waals surface area contributed by atoms with Gasteiger partial charge in [0.15, 0.2) is 9.84 Å². The Hall–Kier alpha value is -3.67. The average molecular weight is 603 g/mol. The van der Waals surface area contributed by atoms with E-state index in [2.05, 4.69) is 17.0 Å². The van der Waals surface area contributed by atoms with Crippen LogP contribution >= 0.6 is 0 Å². The van der Waals surface area contributed by atoms with Crippen molar-refractivity contribution in [1.29, 1.82) is 0 Å². The smallest absolute Gasteiger partial charge is 0.265 e. The summed E-state index contributed by atoms with van der Waals surface area (Å²) >= 11 is 0. The number of hydrogen-bond acceptors (Lipinski definition) is 6. The van der Waals surface area contributed by atoms with Gasteiger partial charge in [0, 0.05) is 37.6 Å². The van der Waals surface area contributed by atoms with Gasteiger partial charge in [0.05, 0.1) is 19.6 Å². The normalized spacial score (nSPS) is 12.2. The quantitative estimate of drug-likeness (QED) is 0.135. The van der Waals surface area contributed by atoms with Crippen molar-refractivity contribution < 1.29 is 30.8 Å². The van der Waals surface area contributed by atoms with Crippen LogP contribution in [0, 0.1) is 5.82 Å². The average Bonchev–Trinajstić information content (AvgIpc) is 3.41. The first-order valence-electron chi connectivity index (χ1n) is 12.5. The number of halogens is 4. The first-order chi connectivity index (χ1) is 19.2. The van der Waals surface area contributed by atoms with Crippen molar-refractivity contribution >= 4 is 27.6 Å². The minimum Gasteiger partial charge on any atom is -0.378 e. The van der Waals surface area contributed by atoms with E-state index in [4.69, 9.17) is 0 Å². The summed E-state index contributed by atoms with van der Waals surface area (Å²) in [5.74, 6) is -0.117. The number of alkyl halides is 3. The molecule has 0 aliphatic heterocycles. The Labute approximate surface area is 241 Å². The van der Waals surface area contributed by atoms with E-state index >= 15 is 0 Å². The van der Waals surface area contributed by atoms with E-state index in [1.54, 1.807) is 44.1 Å². The van der Waals surface area contributed by atoms with Crippen LogP contribution in [0.2, 0.25) is 0 Å². The number of carbonyl (C=O) groups excluding carboxylic acids is 1. The van der Waals surface area contributed by atoms with Crippen LogP contribution in [0.3, 0.4) is 0 Å². The SMILES string of the molecule is C/C(=C/C=C(\N(C)C)n1cc(S(C)(=O)=O)cn1)[C@@H](C)Nc1ccc(F)cc1C(F)F.C=C(C)/C=C/C=O.CC.CF. The molecule has 0 bridgehead atoms. The molecule has 0 amide bonds. The van der Waals surface area contributed by atoms with Crippen molar-refractivity contribution in [3.63, 3.8) is 0 Å². The molecule has 0 saturated carbocycles. The van der Waals surface area contributed by atoms with Crippen molar-refractivity contribution in [2.45, 2.75) is 52.0 Å². The van der Waals surface area contributed by atoms with Gasteiger partial charge >= 0.3 is 0 Å². The Kier molecular flexibility index (Phi) is 19.5. The molecule has 0 unspecified atom stereocenters. The maximum Gasteiger partial charge on any atom is 0.265 e. The van der Waals surface area contributed by atoms with Crippen LogP contribution in [0.25, 0.3) is 5.82 Å². The second-order valence-electron chi connectivity index (χ2n) is 8.46. The molecule has 230 valence electrons. The molecule has 0 fully saturated rings. The van der Waals surface area contributed by atoms with E-state index < -0.39 is 27.6 Å². The Bertz CT molecular complexity index is 1280. The Balaban J connectivity index is 0. The van der Waals surface area contributed by atoms with E-state index in [-0.39, 0.29) is 16.6 Å². The van der Waals surface area contributed by atoms with E-state index in [1.165, 1.54) is 29.2 Å². The number of allylic oxidation sites excluding steroid dienone is 5. The molecule has 1 atom stereocenters. The van der Waals surface area contributed by atoms with Gasteiger partial charge in [0.25, 0.3) is 6.43 Å². The van der Waals surface area contributed by atoms with Crippen LogP contribution in [0.4, 0.5) is 23.2 Å². The molecule has 12 heteroatoms. The number of benzene rings is 1. The van der Waals surface area contributed by atoms with Crippen molar-refractivity contribution in [3.05, 3.63) is 84.0 Å². The molecule has 0 radical (unpaired) electrons. The number of anilines is 1. The Morgan fingerprint density at radius 1 is 1.15 bits per heavy atom. The Morgan fingerprint density at radius 2 is 1.73 bits per heavy atom. The van der Waals surface area contributed by atoms with E-state index in [0.29, 0.717) is 13.0 Å². The van der Waals surface area contributed by atoms with Gasteiger partial charge in [-0.2, -0.15) is 5.10 Å². The van der Waals surface area contributed by atoms with Gasteiger partial charge in [0.2, 0.25) is 0 Å². The molecule has 0 saturated heterocycles. The summed E-state index contributed by atoms with van der Waals surface area (Å²) in [5, 5.41) is 7.07. The van der Waals surface area contributed by atoms with Gasteiger partial charge in [-0.25, -0.2) is 26.3 Å². The number of aldehydes is 1. The van der Waals surface area contributed by atoms with Gasteiger partial charge in [-0.3, -0.25) is 9.18 Å². The van der Waals surface area contributed by atoms with E-state index in [9.17, 15) is 30.8 Å². The third-order valence-corrected chi connectivity index (χ3v) is 6.01. The number of nitrogens with zero attached hydrogens (tertiary/aromatic N) is 3. The topological polar surface area (TPSA) is 84.3 Å². The second-order valence-corrected chi connectivity index (χ2v) is 10.5. The highest BCUT2D eigenvalue weighted by atomic mass is 32.2. The number of nitrogens with one attached hydrogen (secondary N) is 1. The maximum atomic E-state index is 13.3. The van der Waals surface area contributed by atoms with Gasteiger partial charge in [-0.1, -0.05) is 43.7 Å². The number of carbonyl (C=O) groups is 1. The van der Waals surface area contributed by atoms with Crippen LogP contribution in [-0.2, 0) is 14.6 Å². The van der Waals surface area contributed by atoms with Crippen molar-refractivity contribution in [2.75, 3.05) is 32.8 Å². The number of aromatic nitrogens is 2. The molecule has 0 spiro atoms. The third-order valence-electron chi connectivity index (χ3n) is 4.94. The largest absolute Gasteiger partial charge is 0.378 e. The minimum atomic E-state index is -3.38. The lowest BCUT2D eigenvalue weighted by molar-refractivity contribution is -0.104. The summed E-state index contributed by atoms with van der Waals surface area (Å²) in [7, 11) is 0.690. The predicted octanol–water partition coefficient (Wildman–Crippen LogP) is 7.10. The zero-order valence-corrected chi connectivity index (χ0v) is 25.9. The zero-order chi connectivity index (χ0) is 32.3. The maximum absolute atomic E-state index is 13.3. The van der Waals surface area contributed by atoms with Crippen molar-refractivity contribution in [1.82, 2.24) is 14.7 Å². The van der Waals surface area contributed by atoms with E-state index in [1.807, 2.05) is 27.7 Å². The molecule has 0 aliphatic rings. The molecule has 7 nitrogen and oxygen atoms in total. The third kappa shape index (κ3) is 15.1. The van der Waals surface area contributed by atoms with Gasteiger partial charge in [-0.15, -0.1) is 0 Å². The van der Waals surface area contributed by atoms with Gasteiger partial charge in [-0.05, 0) is 51.1 Å². The van der Waals surface area contributed by atoms with Crippen LogP contribution < -0.4 is 5.32 Å². The molecule has 2 aromatic rings. The van der Waals surface area contributed by atoms with Gasteiger partial charge in [0.1, 0.15) is 22.8 Å². The zero-order valence-electron chi connectivity index (χ0n) is 25.1. The van der Waals surface area contributed by atoms with Crippen LogP contribution in [0.5, 0.6) is 0 Å². The predicted molar refractivity (Wildman–Crippen MR) is 160 cm³/mol. The molecule has 1 N–H and O–H groups in total. The fraction of sp³-hybridized carbons (Fsp3) is 0.379. The monoisotopic (exact) mass is 602 g/mol. The summed E-state index contributed by atoms with van der Waals surface area (Å²) in [6.45, 7) is 13.0. The summed E-state index contributed by atoms with van der Waals surface area (Å²) in [5.41, 5.74) is 1.47. The van der Waals surface area contributed by atoms with E-state index in [0.717, 1.165) is 35.8 Å². The highest BCUT2D eigenvalue weighted by molar-refractivity contribution is 7.90. The number of sulfone groups is 1. The van der Waals surface area contributed by atoms with Gasteiger partial charge < -0.3 is 10.2 Å². The second kappa shape index (κ2) is 20.2. The lowest BCUT2D eigenvalue weighted by atomic mass is 10.1. The highest BCUT2D eigenvalue weighted by Crippen LogP contribution is 2.29. The van der Waals surface area contributed by atoms with Crippen LogP contribution in [-0.4, -0.2) is 63.0 Å². The lowest BCUT2D eigenvalue weighted by Crippen LogP contribution is -2.18. The lowest BCUT2D eigenvalue weighted by Gasteiger charge is -2.19. The summed E-state index contributed by atoms with van der Waals surface area (Å²) in [6, 6.07) is 2.91. The molecule has 2 rings (SSSR count). The van der Waals surface area contributed by atoms with Crippen LogP contribution in [0.1, 0.15) is 46.6 Å². The molecule has 0 aliphatic carbocycles. The summed E-state index contributed by atoms with van der Waals surface area (Å²) < 4.78 is 74.0. The minimum absolute atomic E-state index is 0.0989.